The van der Waals surface area contributed by atoms with E-state index in [2.05, 4.69) is 0 Å². The Kier molecular flexibility index (Phi) is 4.90. The van der Waals surface area contributed by atoms with Crippen molar-refractivity contribution in [2.24, 2.45) is 0 Å². The second-order valence-electron chi connectivity index (χ2n) is 2.59. The molecule has 0 aliphatic heterocycles. The van der Waals surface area contributed by atoms with Crippen molar-refractivity contribution in [3.05, 3.63) is 22.7 Å². The molecule has 2 N–H and O–H groups in total. The molecule has 0 saturated carbocycles. The molecule has 0 aromatic heterocycles. The number of nitrogen functional groups attached to an aromatic ring is 1. The van der Waals surface area contributed by atoms with Gasteiger partial charge in [-0.05, 0) is 24.6 Å². The first-order valence-corrected chi connectivity index (χ1v) is 5.12. The Labute approximate surface area is 109 Å². The van der Waals surface area contributed by atoms with Crippen LogP contribution in [-0.4, -0.2) is 13.0 Å². The second kappa shape index (κ2) is 4.83. The fraction of sp³-hybridized carbons (Fsp3) is 0.143. The average molecular weight is 244 g/mol. The van der Waals surface area contributed by atoms with Crippen LogP contribution in [0.5, 0.6) is 0 Å². The number of hydrogen-bond donors (Lipinski definition) is 1. The molecule has 1 aromatic carbocycles. The maximum Gasteiger partial charge on any atom is 1.00 e. The molecule has 1 aromatic rings. The fourth-order valence-electron chi connectivity index (χ4n) is 0.887. The predicted octanol–water partition coefficient (Wildman–Crippen LogP) is -1.86. The molecule has 1 rings (SSSR count). The zero-order valence-corrected chi connectivity index (χ0v) is 11.3. The predicted molar refractivity (Wildman–Crippen MR) is 48.6 cm³/mol. The van der Waals surface area contributed by atoms with Gasteiger partial charge in [0.05, 0.1) is 10.6 Å². The van der Waals surface area contributed by atoms with E-state index in [-0.39, 0.29) is 35.2 Å². The van der Waals surface area contributed by atoms with E-state index < -0.39 is 15.0 Å². The van der Waals surface area contributed by atoms with Gasteiger partial charge in [-0.1, -0.05) is 11.6 Å². The second-order valence-corrected chi connectivity index (χ2v) is 4.35. The molecular weight excluding hydrogens is 237 g/mol. The summed E-state index contributed by atoms with van der Waals surface area (Å²) in [5.74, 6) is 0. The molecule has 0 aliphatic rings. The molecular formula is C7H7ClNNaO3S. The third-order valence-corrected chi connectivity index (χ3v) is 2.86. The topological polar surface area (TPSA) is 83.2 Å². The Balaban J connectivity index is 0.00000169. The summed E-state index contributed by atoms with van der Waals surface area (Å²) >= 11 is 5.66. The van der Waals surface area contributed by atoms with Gasteiger partial charge in [0.2, 0.25) is 0 Å². The number of halogens is 1. The molecule has 0 amide bonds. The summed E-state index contributed by atoms with van der Waals surface area (Å²) in [6, 6.07) is 2.42. The minimum absolute atomic E-state index is 0. The van der Waals surface area contributed by atoms with Gasteiger partial charge in [-0.25, -0.2) is 8.42 Å². The third kappa shape index (κ3) is 3.12. The van der Waals surface area contributed by atoms with Crippen molar-refractivity contribution >= 4 is 27.4 Å². The number of rotatable bonds is 1. The van der Waals surface area contributed by atoms with Gasteiger partial charge in [0.25, 0.3) is 0 Å². The van der Waals surface area contributed by atoms with Crippen LogP contribution in [0, 0.1) is 6.92 Å². The smallest absolute Gasteiger partial charge is 0.744 e. The van der Waals surface area contributed by atoms with E-state index in [1.807, 2.05) is 0 Å². The summed E-state index contributed by atoms with van der Waals surface area (Å²) in [4.78, 5) is -0.422. The van der Waals surface area contributed by atoms with E-state index in [0.29, 0.717) is 10.6 Å². The Morgan fingerprint density at radius 3 is 2.36 bits per heavy atom. The van der Waals surface area contributed by atoms with Crippen molar-refractivity contribution in [3.8, 4) is 0 Å². The molecule has 0 spiro atoms. The molecule has 0 fully saturated rings. The van der Waals surface area contributed by atoms with Gasteiger partial charge in [0.1, 0.15) is 10.1 Å². The Morgan fingerprint density at radius 1 is 1.43 bits per heavy atom. The van der Waals surface area contributed by atoms with E-state index in [9.17, 15) is 13.0 Å². The van der Waals surface area contributed by atoms with Crippen molar-refractivity contribution in [1.29, 1.82) is 0 Å². The van der Waals surface area contributed by atoms with Crippen molar-refractivity contribution in [3.63, 3.8) is 0 Å². The molecule has 0 heterocycles. The zero-order valence-electron chi connectivity index (χ0n) is 7.74. The van der Waals surface area contributed by atoms with Crippen LogP contribution in [0.25, 0.3) is 0 Å². The van der Waals surface area contributed by atoms with Gasteiger partial charge in [-0.15, -0.1) is 0 Å². The largest absolute Gasteiger partial charge is 1.00 e. The number of benzene rings is 1. The fourth-order valence-corrected chi connectivity index (χ4v) is 1.73. The van der Waals surface area contributed by atoms with E-state index in [4.69, 9.17) is 17.3 Å². The molecule has 4 nitrogen and oxygen atoms in total. The number of anilines is 1. The molecule has 0 unspecified atom stereocenters. The van der Waals surface area contributed by atoms with E-state index in [0.717, 1.165) is 0 Å². The SMILES string of the molecule is Cc1cc(S(=O)(=O)[O-])c(N)cc1Cl.[Na+]. The first kappa shape index (κ1) is 14.2. The summed E-state index contributed by atoms with van der Waals surface area (Å²) in [5, 5.41) is 0.338. The molecule has 7 heteroatoms. The van der Waals surface area contributed by atoms with Crippen LogP contribution >= 0.6 is 11.6 Å². The first-order chi connectivity index (χ1) is 5.82. The average Bonchev–Trinajstić information content (AvgIpc) is 1.94. The van der Waals surface area contributed by atoms with Crippen molar-refractivity contribution < 1.29 is 42.5 Å². The monoisotopic (exact) mass is 243 g/mol. The van der Waals surface area contributed by atoms with Crippen LogP contribution in [0.4, 0.5) is 5.69 Å². The van der Waals surface area contributed by atoms with E-state index in [1.165, 1.54) is 12.1 Å². The van der Waals surface area contributed by atoms with Gasteiger partial charge >= 0.3 is 29.6 Å². The molecule has 0 bridgehead atoms. The van der Waals surface area contributed by atoms with Crippen molar-refractivity contribution in [1.82, 2.24) is 0 Å². The number of hydrogen-bond acceptors (Lipinski definition) is 4. The van der Waals surface area contributed by atoms with Crippen LogP contribution in [0.2, 0.25) is 5.02 Å². The van der Waals surface area contributed by atoms with Gasteiger partial charge in [-0.2, -0.15) is 0 Å². The molecule has 0 aliphatic carbocycles. The molecule has 72 valence electrons. The van der Waals surface area contributed by atoms with Crippen LogP contribution < -0.4 is 35.3 Å². The Bertz CT molecular complexity index is 446. The van der Waals surface area contributed by atoms with Crippen molar-refractivity contribution in [2.75, 3.05) is 5.73 Å². The Hall–Kier alpha value is 0.220. The first-order valence-electron chi connectivity index (χ1n) is 3.34. The molecule has 0 saturated heterocycles. The van der Waals surface area contributed by atoms with Gasteiger partial charge < -0.3 is 10.3 Å². The quantitative estimate of drug-likeness (QED) is 0.356. The van der Waals surface area contributed by atoms with Crippen LogP contribution in [0.15, 0.2) is 17.0 Å². The van der Waals surface area contributed by atoms with Crippen LogP contribution in [-0.2, 0) is 10.1 Å². The normalized spacial score (nSPS) is 10.8. The summed E-state index contributed by atoms with van der Waals surface area (Å²) in [7, 11) is -4.51. The minimum Gasteiger partial charge on any atom is -0.744 e. The minimum atomic E-state index is -4.51. The van der Waals surface area contributed by atoms with E-state index >= 15 is 0 Å². The summed E-state index contributed by atoms with van der Waals surface area (Å²) < 4.78 is 31.9. The van der Waals surface area contributed by atoms with Crippen LogP contribution in [0.1, 0.15) is 5.56 Å². The summed E-state index contributed by atoms with van der Waals surface area (Å²) in [5.41, 5.74) is 5.70. The third-order valence-electron chi connectivity index (χ3n) is 1.56. The summed E-state index contributed by atoms with van der Waals surface area (Å²) in [6.45, 7) is 1.59. The van der Waals surface area contributed by atoms with Crippen LogP contribution in [0.3, 0.4) is 0 Å². The number of aryl methyl sites for hydroxylation is 1. The standard InChI is InChI=1S/C7H8ClNO3S.Na/c1-4-2-7(13(10,11)12)6(9)3-5(4)8;/h2-3H,9H2,1H3,(H,10,11,12);/q;+1/p-1. The van der Waals surface area contributed by atoms with E-state index in [1.54, 1.807) is 6.92 Å². The maximum atomic E-state index is 10.6. The maximum absolute atomic E-state index is 10.6. The van der Waals surface area contributed by atoms with Gasteiger partial charge in [0, 0.05) is 5.02 Å². The summed E-state index contributed by atoms with van der Waals surface area (Å²) in [6.07, 6.45) is 0. The molecule has 0 radical (unpaired) electrons. The molecule has 0 atom stereocenters. The van der Waals surface area contributed by atoms with Gasteiger partial charge in [0.15, 0.2) is 0 Å². The van der Waals surface area contributed by atoms with Crippen molar-refractivity contribution in [2.45, 2.75) is 11.8 Å². The zero-order chi connectivity index (χ0) is 10.2. The van der Waals surface area contributed by atoms with Gasteiger partial charge in [-0.3, -0.25) is 0 Å². The molecule has 14 heavy (non-hydrogen) atoms. The number of nitrogens with two attached hydrogens (primary N) is 1. The Morgan fingerprint density at radius 2 is 1.93 bits per heavy atom.